The number of aromatic nitrogens is 5. The van der Waals surface area contributed by atoms with Crippen LogP contribution >= 0.6 is 0 Å². The van der Waals surface area contributed by atoms with Crippen molar-refractivity contribution in [2.45, 2.75) is 6.42 Å². The maximum atomic E-state index is 14.2. The van der Waals surface area contributed by atoms with E-state index in [1.807, 2.05) is 12.1 Å². The standard InChI is InChI=1S/C20H18FN7O/c1-22-20(29)18-14-4-2-3-12(19(14)24-10-15(18)21)5-6-23-17-7-16(25-11-26-17)13-8-27-28-9-13/h2-4,7-11H,5-6H2,1H3,(H,22,29)(H,27,28)(H,23,25,26). The number of amides is 1. The summed E-state index contributed by atoms with van der Waals surface area (Å²) < 4.78 is 14.2. The number of hydrogen-bond acceptors (Lipinski definition) is 6. The number of benzene rings is 1. The second-order valence-corrected chi connectivity index (χ2v) is 6.33. The first-order chi connectivity index (χ1) is 14.2. The highest BCUT2D eigenvalue weighted by Gasteiger charge is 2.17. The van der Waals surface area contributed by atoms with Crippen molar-refractivity contribution >= 4 is 22.6 Å². The number of halogens is 1. The van der Waals surface area contributed by atoms with Gasteiger partial charge < -0.3 is 10.6 Å². The highest BCUT2D eigenvalue weighted by atomic mass is 19.1. The van der Waals surface area contributed by atoms with E-state index in [0.717, 1.165) is 23.0 Å². The normalized spacial score (nSPS) is 10.8. The molecule has 0 bridgehead atoms. The van der Waals surface area contributed by atoms with Crippen molar-refractivity contribution in [3.8, 4) is 11.3 Å². The number of rotatable bonds is 6. The van der Waals surface area contributed by atoms with Gasteiger partial charge in [0, 0.05) is 36.8 Å². The Kier molecular flexibility index (Phi) is 5.10. The van der Waals surface area contributed by atoms with Crippen molar-refractivity contribution in [1.29, 1.82) is 0 Å². The number of fused-ring (bicyclic) bond motifs is 1. The lowest BCUT2D eigenvalue weighted by molar-refractivity contribution is 0.0961. The fourth-order valence-corrected chi connectivity index (χ4v) is 3.15. The number of aromatic amines is 1. The molecule has 4 aromatic rings. The summed E-state index contributed by atoms with van der Waals surface area (Å²) in [6, 6.07) is 7.26. The number of hydrogen-bond donors (Lipinski definition) is 3. The summed E-state index contributed by atoms with van der Waals surface area (Å²) in [5.41, 5.74) is 3.15. The molecular weight excluding hydrogens is 373 g/mol. The van der Waals surface area contributed by atoms with Crippen LogP contribution in [-0.4, -0.2) is 44.6 Å². The van der Waals surface area contributed by atoms with E-state index in [1.165, 1.54) is 13.4 Å². The van der Waals surface area contributed by atoms with Crippen molar-refractivity contribution < 1.29 is 9.18 Å². The Bertz CT molecular complexity index is 1160. The Morgan fingerprint density at radius 3 is 2.90 bits per heavy atom. The van der Waals surface area contributed by atoms with E-state index >= 15 is 0 Å². The average Bonchev–Trinajstić information content (AvgIpc) is 3.28. The first-order valence-electron chi connectivity index (χ1n) is 9.00. The Morgan fingerprint density at radius 1 is 1.21 bits per heavy atom. The van der Waals surface area contributed by atoms with Gasteiger partial charge >= 0.3 is 0 Å². The molecule has 146 valence electrons. The van der Waals surface area contributed by atoms with Gasteiger partial charge in [-0.05, 0) is 12.0 Å². The zero-order chi connectivity index (χ0) is 20.2. The van der Waals surface area contributed by atoms with Gasteiger partial charge in [0.2, 0.25) is 0 Å². The van der Waals surface area contributed by atoms with Crippen molar-refractivity contribution in [1.82, 2.24) is 30.5 Å². The summed E-state index contributed by atoms with van der Waals surface area (Å²) >= 11 is 0. The number of anilines is 1. The lowest BCUT2D eigenvalue weighted by atomic mass is 10.0. The van der Waals surface area contributed by atoms with Crippen LogP contribution in [0.4, 0.5) is 10.2 Å². The van der Waals surface area contributed by atoms with Gasteiger partial charge in [0.25, 0.3) is 5.91 Å². The van der Waals surface area contributed by atoms with Crippen LogP contribution < -0.4 is 10.6 Å². The zero-order valence-corrected chi connectivity index (χ0v) is 15.6. The molecule has 3 N–H and O–H groups in total. The van der Waals surface area contributed by atoms with Gasteiger partial charge in [-0.2, -0.15) is 5.10 Å². The molecule has 1 amide bonds. The number of para-hydroxylation sites is 1. The summed E-state index contributed by atoms with van der Waals surface area (Å²) in [7, 11) is 1.47. The molecule has 0 aliphatic heterocycles. The fraction of sp³-hybridized carbons (Fsp3) is 0.150. The Morgan fingerprint density at radius 2 is 2.10 bits per heavy atom. The molecule has 29 heavy (non-hydrogen) atoms. The molecule has 3 aromatic heterocycles. The zero-order valence-electron chi connectivity index (χ0n) is 15.6. The monoisotopic (exact) mass is 391 g/mol. The molecule has 4 rings (SSSR count). The van der Waals surface area contributed by atoms with Crippen LogP contribution in [0.5, 0.6) is 0 Å². The molecule has 1 aromatic carbocycles. The molecule has 0 atom stereocenters. The molecule has 0 fully saturated rings. The van der Waals surface area contributed by atoms with Crippen LogP contribution in [0.25, 0.3) is 22.2 Å². The lowest BCUT2D eigenvalue weighted by Crippen LogP contribution is -2.20. The second kappa shape index (κ2) is 8.01. The number of pyridine rings is 1. The summed E-state index contributed by atoms with van der Waals surface area (Å²) in [5, 5.41) is 12.9. The van der Waals surface area contributed by atoms with Crippen LogP contribution in [0.2, 0.25) is 0 Å². The number of carbonyl (C=O) groups is 1. The molecule has 3 heterocycles. The molecule has 0 unspecified atom stereocenters. The average molecular weight is 391 g/mol. The van der Waals surface area contributed by atoms with E-state index < -0.39 is 11.7 Å². The summed E-state index contributed by atoms with van der Waals surface area (Å²) in [6.45, 7) is 0.579. The predicted molar refractivity (Wildman–Crippen MR) is 107 cm³/mol. The molecule has 0 radical (unpaired) electrons. The lowest BCUT2D eigenvalue weighted by Gasteiger charge is -2.11. The first kappa shape index (κ1) is 18.5. The van der Waals surface area contributed by atoms with E-state index in [9.17, 15) is 9.18 Å². The Hall–Kier alpha value is -3.88. The molecule has 0 saturated carbocycles. The van der Waals surface area contributed by atoms with Gasteiger partial charge in [-0.1, -0.05) is 18.2 Å². The van der Waals surface area contributed by atoms with E-state index in [-0.39, 0.29) is 5.56 Å². The minimum Gasteiger partial charge on any atom is -0.370 e. The SMILES string of the molecule is CNC(=O)c1c(F)cnc2c(CCNc3cc(-c4cn[nH]c4)ncn3)cccc12. The van der Waals surface area contributed by atoms with Gasteiger partial charge in [-0.25, -0.2) is 14.4 Å². The van der Waals surface area contributed by atoms with Crippen molar-refractivity contribution in [2.75, 3.05) is 18.9 Å². The van der Waals surface area contributed by atoms with Crippen molar-refractivity contribution in [3.05, 3.63) is 66.1 Å². The number of nitrogens with zero attached hydrogens (tertiary/aromatic N) is 4. The summed E-state index contributed by atoms with van der Waals surface area (Å²) in [4.78, 5) is 24.8. The molecule has 8 nitrogen and oxygen atoms in total. The maximum Gasteiger partial charge on any atom is 0.254 e. The highest BCUT2D eigenvalue weighted by Crippen LogP contribution is 2.23. The van der Waals surface area contributed by atoms with Crippen molar-refractivity contribution in [2.24, 2.45) is 0 Å². The first-order valence-corrected chi connectivity index (χ1v) is 9.00. The second-order valence-electron chi connectivity index (χ2n) is 6.33. The van der Waals surface area contributed by atoms with E-state index in [1.54, 1.807) is 24.5 Å². The van der Waals surface area contributed by atoms with Gasteiger partial charge in [-0.3, -0.25) is 14.9 Å². The van der Waals surface area contributed by atoms with Crippen molar-refractivity contribution in [3.63, 3.8) is 0 Å². The molecule has 0 aliphatic rings. The van der Waals surface area contributed by atoms with Crippen LogP contribution in [0, 0.1) is 5.82 Å². The summed E-state index contributed by atoms with van der Waals surface area (Å²) in [5.74, 6) is -0.431. The fourth-order valence-electron chi connectivity index (χ4n) is 3.15. The third-order valence-corrected chi connectivity index (χ3v) is 4.55. The smallest absolute Gasteiger partial charge is 0.254 e. The number of carbonyl (C=O) groups excluding carboxylic acids is 1. The number of nitrogens with one attached hydrogen (secondary N) is 3. The Balaban J connectivity index is 1.54. The minimum absolute atomic E-state index is 0.00728. The van der Waals surface area contributed by atoms with E-state index in [4.69, 9.17) is 0 Å². The molecule has 0 saturated heterocycles. The van der Waals surface area contributed by atoms with Gasteiger partial charge in [0.15, 0.2) is 5.82 Å². The van der Waals surface area contributed by atoms with Gasteiger partial charge in [-0.15, -0.1) is 0 Å². The maximum absolute atomic E-state index is 14.2. The van der Waals surface area contributed by atoms with Crippen LogP contribution in [0.1, 0.15) is 15.9 Å². The molecule has 9 heteroatoms. The predicted octanol–water partition coefficient (Wildman–Crippen LogP) is 2.57. The van der Waals surface area contributed by atoms with Crippen LogP contribution in [-0.2, 0) is 6.42 Å². The molecule has 0 spiro atoms. The van der Waals surface area contributed by atoms with E-state index in [2.05, 4.69) is 35.8 Å². The van der Waals surface area contributed by atoms with Gasteiger partial charge in [0.1, 0.15) is 12.1 Å². The van der Waals surface area contributed by atoms with E-state index in [0.29, 0.717) is 29.7 Å². The third kappa shape index (κ3) is 3.75. The number of H-pyrrole nitrogens is 1. The topological polar surface area (TPSA) is 108 Å². The molecular formula is C20H18FN7O. The van der Waals surface area contributed by atoms with Crippen LogP contribution in [0.15, 0.2) is 49.2 Å². The van der Waals surface area contributed by atoms with Crippen LogP contribution in [0.3, 0.4) is 0 Å². The largest absolute Gasteiger partial charge is 0.370 e. The molecule has 0 aliphatic carbocycles. The summed E-state index contributed by atoms with van der Waals surface area (Å²) in [6.07, 6.45) is 6.65. The minimum atomic E-state index is -0.639. The highest BCUT2D eigenvalue weighted by molar-refractivity contribution is 6.06. The van der Waals surface area contributed by atoms with Gasteiger partial charge in [0.05, 0.1) is 29.2 Å². The third-order valence-electron chi connectivity index (χ3n) is 4.55. The Labute approximate surface area is 165 Å². The quantitative estimate of drug-likeness (QED) is 0.466.